The molecular formula is C18H17N3O4. The Balaban J connectivity index is 2.15. The lowest BCUT2D eigenvalue weighted by molar-refractivity contribution is -0.384. The van der Waals surface area contributed by atoms with Gasteiger partial charge in [-0.1, -0.05) is 26.0 Å². The number of ketones is 1. The number of nitrogens with zero attached hydrogens (tertiary/aromatic N) is 2. The summed E-state index contributed by atoms with van der Waals surface area (Å²) in [6, 6.07) is 8.01. The SMILES string of the molecule is CC1(C)CC(=O)C2=C(C1)[C@H](c1ccc([N+](=O)[O-])cc1)C(C#N)=C(N)O2. The lowest BCUT2D eigenvalue weighted by Crippen LogP contribution is -2.33. The standard InChI is InChI=1S/C18H17N3O4/c1-18(2)7-12-15(10-3-5-11(6-4-10)21(23)24)13(9-19)17(20)25-16(12)14(22)8-18/h3-6,15H,7-8,20H2,1-2H3/t15-/m0/s1. The number of allylic oxidation sites excluding steroid dienone is 3. The molecule has 0 bridgehead atoms. The molecule has 1 atom stereocenters. The topological polar surface area (TPSA) is 119 Å². The summed E-state index contributed by atoms with van der Waals surface area (Å²) in [5, 5.41) is 20.4. The van der Waals surface area contributed by atoms with E-state index in [4.69, 9.17) is 10.5 Å². The molecule has 2 aliphatic rings. The average Bonchev–Trinajstić information content (AvgIpc) is 2.54. The minimum Gasteiger partial charge on any atom is -0.437 e. The van der Waals surface area contributed by atoms with Gasteiger partial charge in [0.15, 0.2) is 11.5 Å². The fourth-order valence-corrected chi connectivity index (χ4v) is 3.47. The second-order valence-corrected chi connectivity index (χ2v) is 7.07. The Bertz CT molecular complexity index is 873. The molecule has 1 aromatic carbocycles. The number of carbonyl (C=O) groups is 1. The van der Waals surface area contributed by atoms with Gasteiger partial charge in [-0.05, 0) is 23.0 Å². The van der Waals surface area contributed by atoms with Crippen molar-refractivity contribution in [1.29, 1.82) is 5.26 Å². The molecule has 0 saturated carbocycles. The summed E-state index contributed by atoms with van der Waals surface area (Å²) in [5.41, 5.74) is 7.17. The third-order valence-electron chi connectivity index (χ3n) is 4.53. The lowest BCUT2D eigenvalue weighted by atomic mass is 9.69. The fraction of sp³-hybridized carbons (Fsp3) is 0.333. The fourth-order valence-electron chi connectivity index (χ4n) is 3.47. The number of nitro benzene ring substituents is 1. The Kier molecular flexibility index (Phi) is 3.84. The van der Waals surface area contributed by atoms with Crippen LogP contribution in [0.1, 0.15) is 38.2 Å². The zero-order valence-electron chi connectivity index (χ0n) is 13.9. The Morgan fingerprint density at radius 1 is 1.32 bits per heavy atom. The predicted octanol–water partition coefficient (Wildman–Crippen LogP) is 3.05. The van der Waals surface area contributed by atoms with Crippen molar-refractivity contribution in [3.63, 3.8) is 0 Å². The predicted molar refractivity (Wildman–Crippen MR) is 88.8 cm³/mol. The van der Waals surface area contributed by atoms with E-state index in [-0.39, 0.29) is 34.1 Å². The molecule has 2 N–H and O–H groups in total. The van der Waals surface area contributed by atoms with Crippen LogP contribution in [0.4, 0.5) is 5.69 Å². The average molecular weight is 339 g/mol. The number of nitrogens with two attached hydrogens (primary N) is 1. The van der Waals surface area contributed by atoms with Crippen LogP contribution in [0.5, 0.6) is 0 Å². The largest absolute Gasteiger partial charge is 0.437 e. The van der Waals surface area contributed by atoms with Crippen LogP contribution < -0.4 is 5.73 Å². The monoisotopic (exact) mass is 339 g/mol. The van der Waals surface area contributed by atoms with Crippen molar-refractivity contribution in [2.45, 2.75) is 32.6 Å². The first-order valence-electron chi connectivity index (χ1n) is 7.82. The highest BCUT2D eigenvalue weighted by molar-refractivity contribution is 5.96. The van der Waals surface area contributed by atoms with Gasteiger partial charge in [0.05, 0.1) is 4.92 Å². The second kappa shape index (κ2) is 5.74. The normalized spacial score (nSPS) is 22.1. The van der Waals surface area contributed by atoms with E-state index in [1.165, 1.54) is 12.1 Å². The van der Waals surface area contributed by atoms with E-state index in [0.717, 1.165) is 0 Å². The van der Waals surface area contributed by atoms with E-state index in [1.807, 2.05) is 13.8 Å². The summed E-state index contributed by atoms with van der Waals surface area (Å²) in [7, 11) is 0. The summed E-state index contributed by atoms with van der Waals surface area (Å²) in [4.78, 5) is 22.9. The zero-order valence-corrected chi connectivity index (χ0v) is 13.9. The van der Waals surface area contributed by atoms with Gasteiger partial charge in [-0.2, -0.15) is 5.26 Å². The molecule has 1 aromatic rings. The van der Waals surface area contributed by atoms with Crippen molar-refractivity contribution in [2.24, 2.45) is 11.1 Å². The maximum Gasteiger partial charge on any atom is 0.269 e. The molecule has 7 nitrogen and oxygen atoms in total. The summed E-state index contributed by atoms with van der Waals surface area (Å²) in [6.45, 7) is 3.96. The van der Waals surface area contributed by atoms with Crippen LogP contribution in [-0.2, 0) is 9.53 Å². The summed E-state index contributed by atoms with van der Waals surface area (Å²) in [5.74, 6) is -0.548. The smallest absolute Gasteiger partial charge is 0.269 e. The molecule has 0 radical (unpaired) electrons. The molecule has 0 fully saturated rings. The summed E-state index contributed by atoms with van der Waals surface area (Å²) in [6.07, 6.45) is 0.919. The number of nitriles is 1. The highest BCUT2D eigenvalue weighted by Crippen LogP contribution is 2.48. The van der Waals surface area contributed by atoms with Crippen molar-refractivity contribution >= 4 is 11.5 Å². The molecule has 0 saturated heterocycles. The maximum absolute atomic E-state index is 12.5. The first-order chi connectivity index (χ1) is 11.7. The number of rotatable bonds is 2. The van der Waals surface area contributed by atoms with E-state index in [9.17, 15) is 20.2 Å². The van der Waals surface area contributed by atoms with Crippen molar-refractivity contribution in [2.75, 3.05) is 0 Å². The number of carbonyl (C=O) groups excluding carboxylic acids is 1. The van der Waals surface area contributed by atoms with Crippen LogP contribution in [0.3, 0.4) is 0 Å². The molecule has 0 unspecified atom stereocenters. The summed E-state index contributed by atoms with van der Waals surface area (Å²) < 4.78 is 5.47. The third kappa shape index (κ3) is 2.87. The van der Waals surface area contributed by atoms with Gasteiger partial charge in [-0.15, -0.1) is 0 Å². The van der Waals surface area contributed by atoms with Gasteiger partial charge in [-0.25, -0.2) is 0 Å². The van der Waals surface area contributed by atoms with Crippen molar-refractivity contribution in [3.8, 4) is 6.07 Å². The Hall–Kier alpha value is -3.14. The molecular weight excluding hydrogens is 322 g/mol. The van der Waals surface area contributed by atoms with E-state index in [0.29, 0.717) is 24.0 Å². The van der Waals surface area contributed by atoms with Crippen LogP contribution >= 0.6 is 0 Å². The number of nitro groups is 1. The highest BCUT2D eigenvalue weighted by Gasteiger charge is 2.42. The number of non-ortho nitro benzene ring substituents is 1. The number of ether oxygens (including phenoxy) is 1. The molecule has 3 rings (SSSR count). The van der Waals surface area contributed by atoms with Crippen LogP contribution in [0.25, 0.3) is 0 Å². The van der Waals surface area contributed by atoms with E-state index >= 15 is 0 Å². The summed E-state index contributed by atoms with van der Waals surface area (Å²) >= 11 is 0. The minimum absolute atomic E-state index is 0.0412. The van der Waals surface area contributed by atoms with Gasteiger partial charge in [0.2, 0.25) is 5.88 Å². The first-order valence-corrected chi connectivity index (χ1v) is 7.82. The van der Waals surface area contributed by atoms with Gasteiger partial charge < -0.3 is 10.5 Å². The Morgan fingerprint density at radius 3 is 2.52 bits per heavy atom. The van der Waals surface area contributed by atoms with Crippen molar-refractivity contribution in [1.82, 2.24) is 0 Å². The molecule has 128 valence electrons. The van der Waals surface area contributed by atoms with E-state index in [1.54, 1.807) is 12.1 Å². The van der Waals surface area contributed by atoms with E-state index < -0.39 is 10.8 Å². The van der Waals surface area contributed by atoms with Crippen LogP contribution in [-0.4, -0.2) is 10.7 Å². The molecule has 1 aliphatic heterocycles. The molecule has 1 aliphatic carbocycles. The molecule has 0 spiro atoms. The quantitative estimate of drug-likeness (QED) is 0.653. The van der Waals surface area contributed by atoms with Crippen LogP contribution in [0.2, 0.25) is 0 Å². The molecule has 0 amide bonds. The van der Waals surface area contributed by atoms with Crippen molar-refractivity contribution < 1.29 is 14.5 Å². The molecule has 25 heavy (non-hydrogen) atoms. The van der Waals surface area contributed by atoms with Crippen molar-refractivity contribution in [3.05, 3.63) is 62.7 Å². The van der Waals surface area contributed by atoms with Gasteiger partial charge in [0.1, 0.15) is 11.6 Å². The lowest BCUT2D eigenvalue weighted by Gasteiger charge is -2.37. The van der Waals surface area contributed by atoms with Gasteiger partial charge >= 0.3 is 0 Å². The zero-order chi connectivity index (χ0) is 18.4. The van der Waals surface area contributed by atoms with Gasteiger partial charge in [0, 0.05) is 24.5 Å². The Morgan fingerprint density at radius 2 is 1.96 bits per heavy atom. The minimum atomic E-state index is -0.530. The number of Topliss-reactive ketones (excluding diaryl/α,β-unsaturated/α-hetero) is 1. The van der Waals surface area contributed by atoms with Crippen LogP contribution in [0.15, 0.2) is 47.1 Å². The Labute approximate surface area is 144 Å². The number of benzene rings is 1. The van der Waals surface area contributed by atoms with E-state index in [2.05, 4.69) is 6.07 Å². The highest BCUT2D eigenvalue weighted by atomic mass is 16.6. The third-order valence-corrected chi connectivity index (χ3v) is 4.53. The van der Waals surface area contributed by atoms with Gasteiger partial charge in [-0.3, -0.25) is 14.9 Å². The first kappa shape index (κ1) is 16.7. The maximum atomic E-state index is 12.5. The van der Waals surface area contributed by atoms with Gasteiger partial charge in [0.25, 0.3) is 5.69 Å². The second-order valence-electron chi connectivity index (χ2n) is 7.07. The number of hydrogen-bond acceptors (Lipinski definition) is 6. The number of hydrogen-bond donors (Lipinski definition) is 1. The molecule has 1 heterocycles. The molecule has 7 heteroatoms. The van der Waals surface area contributed by atoms with Crippen LogP contribution in [0, 0.1) is 26.9 Å². The molecule has 0 aromatic heterocycles.